The van der Waals surface area contributed by atoms with E-state index in [2.05, 4.69) is 5.32 Å². The molecule has 1 saturated heterocycles. The third kappa shape index (κ3) is 4.10. The summed E-state index contributed by atoms with van der Waals surface area (Å²) in [4.78, 5) is 28.2. The number of nitrogens with one attached hydrogen (secondary N) is 1. The Morgan fingerprint density at radius 1 is 1.33 bits per heavy atom. The maximum Gasteiger partial charge on any atom is 0.318 e. The first-order valence-electron chi connectivity index (χ1n) is 8.95. The number of nitrogens with zero attached hydrogens (tertiary/aromatic N) is 2. The van der Waals surface area contributed by atoms with Crippen LogP contribution >= 0.6 is 0 Å². The van der Waals surface area contributed by atoms with Crippen molar-refractivity contribution in [3.63, 3.8) is 0 Å². The molecule has 2 heterocycles. The van der Waals surface area contributed by atoms with Gasteiger partial charge in [-0.2, -0.15) is 0 Å². The number of amides is 3. The fourth-order valence-electron chi connectivity index (χ4n) is 3.73. The zero-order valence-electron chi connectivity index (χ0n) is 14.4. The summed E-state index contributed by atoms with van der Waals surface area (Å²) in [5.74, 6) is 0.156. The normalized spacial score (nSPS) is 22.5. The average molecular weight is 333 g/mol. The Morgan fingerprint density at radius 2 is 2.12 bits per heavy atom. The summed E-state index contributed by atoms with van der Waals surface area (Å²) < 4.78 is 5.16. The quantitative estimate of drug-likeness (QED) is 0.921. The monoisotopic (exact) mass is 333 g/mol. The third-order valence-corrected chi connectivity index (χ3v) is 5.16. The number of likely N-dealkylation sites (tertiary alicyclic amines) is 1. The number of piperidine rings is 1. The minimum atomic E-state index is -0.0177. The van der Waals surface area contributed by atoms with Crippen LogP contribution in [0.1, 0.15) is 50.5 Å². The van der Waals surface area contributed by atoms with E-state index < -0.39 is 0 Å². The van der Waals surface area contributed by atoms with Crippen LogP contribution in [0, 0.1) is 0 Å². The molecule has 1 aliphatic heterocycles. The van der Waals surface area contributed by atoms with Crippen LogP contribution in [-0.2, 0) is 11.3 Å². The molecule has 1 aromatic heterocycles. The molecule has 2 fully saturated rings. The molecule has 3 amide bonds. The lowest BCUT2D eigenvalue weighted by atomic mass is 9.94. The minimum absolute atomic E-state index is 0.0177. The number of furan rings is 1. The Kier molecular flexibility index (Phi) is 5.43. The largest absolute Gasteiger partial charge is 0.472 e. The summed E-state index contributed by atoms with van der Waals surface area (Å²) in [6.07, 6.45) is 10.3. The van der Waals surface area contributed by atoms with Crippen LogP contribution < -0.4 is 5.32 Å². The summed E-state index contributed by atoms with van der Waals surface area (Å²) >= 11 is 0. The molecular weight excluding hydrogens is 306 g/mol. The van der Waals surface area contributed by atoms with Gasteiger partial charge in [-0.15, -0.1) is 0 Å². The third-order valence-electron chi connectivity index (χ3n) is 5.16. The average Bonchev–Trinajstić information content (AvgIpc) is 3.10. The highest BCUT2D eigenvalue weighted by Crippen LogP contribution is 2.24. The van der Waals surface area contributed by atoms with Gasteiger partial charge in [-0.25, -0.2) is 4.79 Å². The van der Waals surface area contributed by atoms with Gasteiger partial charge in [0.1, 0.15) is 0 Å². The molecule has 1 unspecified atom stereocenters. The molecule has 1 saturated carbocycles. The van der Waals surface area contributed by atoms with Crippen LogP contribution in [0.5, 0.6) is 0 Å². The Morgan fingerprint density at radius 3 is 2.79 bits per heavy atom. The molecule has 6 nitrogen and oxygen atoms in total. The van der Waals surface area contributed by atoms with Gasteiger partial charge < -0.3 is 19.5 Å². The second kappa shape index (κ2) is 7.73. The molecule has 1 atom stereocenters. The standard InChI is InChI=1S/C18H27N3O3/c1-20-12-15(7-8-17(20)22)19-18(23)21(11-14-9-10-24-13-14)16-5-3-2-4-6-16/h9-10,13,15-16H,2-8,11-12H2,1H3,(H,19,23). The van der Waals surface area contributed by atoms with Crippen molar-refractivity contribution in [2.24, 2.45) is 0 Å². The second-order valence-electron chi connectivity index (χ2n) is 7.01. The summed E-state index contributed by atoms with van der Waals surface area (Å²) in [7, 11) is 1.80. The lowest BCUT2D eigenvalue weighted by Gasteiger charge is -2.37. The number of carbonyl (C=O) groups is 2. The van der Waals surface area contributed by atoms with Gasteiger partial charge in [0.05, 0.1) is 19.1 Å². The summed E-state index contributed by atoms with van der Waals surface area (Å²) in [6, 6.07) is 2.22. The van der Waals surface area contributed by atoms with Gasteiger partial charge in [0.2, 0.25) is 5.91 Å². The molecule has 0 radical (unpaired) electrons. The number of urea groups is 1. The Labute approximate surface area is 143 Å². The topological polar surface area (TPSA) is 65.8 Å². The Balaban J connectivity index is 1.64. The van der Waals surface area contributed by atoms with Gasteiger partial charge in [0, 0.05) is 37.7 Å². The Bertz CT molecular complexity index is 552. The maximum atomic E-state index is 12.9. The number of likely N-dealkylation sites (N-methyl/N-ethyl adjacent to an activating group) is 1. The lowest BCUT2D eigenvalue weighted by Crippen LogP contribution is -2.54. The Hall–Kier alpha value is -1.98. The first-order chi connectivity index (χ1) is 11.6. The first-order valence-corrected chi connectivity index (χ1v) is 8.95. The molecule has 0 spiro atoms. The number of hydrogen-bond acceptors (Lipinski definition) is 3. The van der Waals surface area contributed by atoms with Gasteiger partial charge >= 0.3 is 6.03 Å². The van der Waals surface area contributed by atoms with Crippen molar-refractivity contribution in [3.05, 3.63) is 24.2 Å². The summed E-state index contributed by atoms with van der Waals surface area (Å²) in [6.45, 7) is 1.17. The van der Waals surface area contributed by atoms with Gasteiger partial charge in [-0.3, -0.25) is 4.79 Å². The van der Waals surface area contributed by atoms with E-state index in [4.69, 9.17) is 4.42 Å². The van der Waals surface area contributed by atoms with Crippen molar-refractivity contribution in [1.82, 2.24) is 15.1 Å². The lowest BCUT2D eigenvalue weighted by molar-refractivity contribution is -0.132. The molecule has 24 heavy (non-hydrogen) atoms. The van der Waals surface area contributed by atoms with Crippen LogP contribution in [-0.4, -0.2) is 47.4 Å². The van der Waals surface area contributed by atoms with Crippen molar-refractivity contribution in [1.29, 1.82) is 0 Å². The van der Waals surface area contributed by atoms with Gasteiger partial charge in [0.15, 0.2) is 0 Å². The molecular formula is C18H27N3O3. The highest BCUT2D eigenvalue weighted by atomic mass is 16.3. The van der Waals surface area contributed by atoms with Crippen molar-refractivity contribution in [2.45, 2.75) is 63.6 Å². The van der Waals surface area contributed by atoms with E-state index in [0.717, 1.165) is 24.8 Å². The van der Waals surface area contributed by atoms with Crippen molar-refractivity contribution in [3.8, 4) is 0 Å². The molecule has 0 bridgehead atoms. The van der Waals surface area contributed by atoms with Crippen molar-refractivity contribution in [2.75, 3.05) is 13.6 Å². The van der Waals surface area contributed by atoms with Crippen LogP contribution in [0.2, 0.25) is 0 Å². The highest BCUT2D eigenvalue weighted by Gasteiger charge is 2.29. The van der Waals surface area contributed by atoms with Crippen LogP contribution in [0.25, 0.3) is 0 Å². The SMILES string of the molecule is CN1CC(NC(=O)N(Cc2ccoc2)C2CCCCC2)CCC1=O. The number of carbonyl (C=O) groups excluding carboxylic acids is 2. The van der Waals surface area contributed by atoms with Crippen LogP contribution in [0.15, 0.2) is 23.0 Å². The van der Waals surface area contributed by atoms with Gasteiger partial charge in [0.25, 0.3) is 0 Å². The first kappa shape index (κ1) is 16.9. The van der Waals surface area contributed by atoms with E-state index in [1.54, 1.807) is 24.5 Å². The second-order valence-corrected chi connectivity index (χ2v) is 7.01. The van der Waals surface area contributed by atoms with Crippen LogP contribution in [0.3, 0.4) is 0 Å². The van der Waals surface area contributed by atoms with Crippen molar-refractivity contribution < 1.29 is 14.0 Å². The molecule has 2 aliphatic rings. The van der Waals surface area contributed by atoms with Gasteiger partial charge in [-0.1, -0.05) is 19.3 Å². The molecule has 6 heteroatoms. The number of hydrogen-bond donors (Lipinski definition) is 1. The smallest absolute Gasteiger partial charge is 0.318 e. The number of rotatable bonds is 4. The predicted molar refractivity (Wildman–Crippen MR) is 90.3 cm³/mol. The molecule has 1 aliphatic carbocycles. The molecule has 3 rings (SSSR count). The van der Waals surface area contributed by atoms with Crippen LogP contribution in [0.4, 0.5) is 4.79 Å². The van der Waals surface area contributed by atoms with Crippen molar-refractivity contribution >= 4 is 11.9 Å². The molecule has 0 aromatic carbocycles. The molecule has 132 valence electrons. The minimum Gasteiger partial charge on any atom is -0.472 e. The molecule has 1 N–H and O–H groups in total. The summed E-state index contributed by atoms with van der Waals surface area (Å²) in [5, 5.41) is 3.14. The van der Waals surface area contributed by atoms with Gasteiger partial charge in [-0.05, 0) is 25.3 Å². The van der Waals surface area contributed by atoms with E-state index in [0.29, 0.717) is 19.5 Å². The fourth-order valence-corrected chi connectivity index (χ4v) is 3.73. The molecule has 1 aromatic rings. The van der Waals surface area contributed by atoms with E-state index in [1.807, 2.05) is 11.0 Å². The van der Waals surface area contributed by atoms with E-state index in [9.17, 15) is 9.59 Å². The zero-order valence-corrected chi connectivity index (χ0v) is 14.4. The van der Waals surface area contributed by atoms with E-state index in [-0.39, 0.29) is 24.0 Å². The highest BCUT2D eigenvalue weighted by molar-refractivity contribution is 5.78. The summed E-state index contributed by atoms with van der Waals surface area (Å²) in [5.41, 5.74) is 1.02. The zero-order chi connectivity index (χ0) is 16.9. The maximum absolute atomic E-state index is 12.9. The fraction of sp³-hybridized carbons (Fsp3) is 0.667. The van der Waals surface area contributed by atoms with E-state index in [1.165, 1.54) is 19.3 Å². The van der Waals surface area contributed by atoms with E-state index >= 15 is 0 Å². The predicted octanol–water partition coefficient (Wildman–Crippen LogP) is 2.74.